The van der Waals surface area contributed by atoms with Crippen LogP contribution in [-0.4, -0.2) is 16.0 Å². The van der Waals surface area contributed by atoms with Gasteiger partial charge >= 0.3 is 0 Å². The molecule has 0 bridgehead atoms. The molecule has 2 heterocycles. The van der Waals surface area contributed by atoms with E-state index in [2.05, 4.69) is 32.9 Å². The van der Waals surface area contributed by atoms with E-state index in [1.54, 1.807) is 19.3 Å². The van der Waals surface area contributed by atoms with Crippen molar-refractivity contribution in [1.29, 1.82) is 0 Å². The predicted molar refractivity (Wildman–Crippen MR) is 116 cm³/mol. The Morgan fingerprint density at radius 1 is 0.900 bits per heavy atom. The molecule has 6 nitrogen and oxygen atoms in total. The van der Waals surface area contributed by atoms with Gasteiger partial charge in [-0.15, -0.1) is 0 Å². The largest absolute Gasteiger partial charge is 0.349 e. The number of carbonyl (C=O) groups excluding carboxylic acids is 1. The van der Waals surface area contributed by atoms with Crippen molar-refractivity contribution >= 4 is 17.5 Å². The lowest BCUT2D eigenvalue weighted by molar-refractivity contribution is 0.102. The van der Waals surface area contributed by atoms with Crippen LogP contribution in [0.1, 0.15) is 32.7 Å². The molecular weight excluding hydrogens is 376 g/mol. The van der Waals surface area contributed by atoms with Crippen LogP contribution in [0, 0.1) is 6.92 Å². The number of aryl methyl sites for hydroxylation is 1. The van der Waals surface area contributed by atoms with Crippen molar-refractivity contribution in [2.45, 2.75) is 19.9 Å². The van der Waals surface area contributed by atoms with Crippen LogP contribution in [0.25, 0.3) is 0 Å². The number of nitrogens with zero attached hydrogens (tertiary/aromatic N) is 2. The van der Waals surface area contributed by atoms with Gasteiger partial charge in [0.05, 0.1) is 5.69 Å². The van der Waals surface area contributed by atoms with E-state index in [1.807, 2.05) is 54.6 Å². The highest BCUT2D eigenvalue weighted by Crippen LogP contribution is 2.22. The maximum absolute atomic E-state index is 12.8. The van der Waals surface area contributed by atoms with Gasteiger partial charge in [-0.3, -0.25) is 9.78 Å². The van der Waals surface area contributed by atoms with Crippen LogP contribution in [-0.2, 0) is 13.0 Å². The first kappa shape index (κ1) is 19.4. The lowest BCUT2D eigenvalue weighted by Gasteiger charge is -2.08. The number of hydrogen-bond donors (Lipinski definition) is 2. The summed E-state index contributed by atoms with van der Waals surface area (Å²) in [4.78, 5) is 16.8. The molecule has 2 aromatic heterocycles. The van der Waals surface area contributed by atoms with Crippen LogP contribution in [0.5, 0.6) is 0 Å². The quantitative estimate of drug-likeness (QED) is 0.466. The first-order chi connectivity index (χ1) is 14.7. The second kappa shape index (κ2) is 9.05. The highest BCUT2D eigenvalue weighted by molar-refractivity contribution is 6.08. The van der Waals surface area contributed by atoms with Crippen LogP contribution < -0.4 is 10.6 Å². The number of anilines is 2. The molecule has 0 aliphatic heterocycles. The van der Waals surface area contributed by atoms with Gasteiger partial charge in [-0.1, -0.05) is 47.6 Å². The van der Waals surface area contributed by atoms with E-state index in [-0.39, 0.29) is 5.91 Å². The minimum atomic E-state index is -0.262. The highest BCUT2D eigenvalue weighted by Gasteiger charge is 2.20. The summed E-state index contributed by atoms with van der Waals surface area (Å²) in [5.41, 5.74) is 5.11. The van der Waals surface area contributed by atoms with Crippen molar-refractivity contribution in [1.82, 2.24) is 10.1 Å². The second-order valence-electron chi connectivity index (χ2n) is 6.99. The SMILES string of the molecule is Cc1noc(NCc2ccncc2)c1C(=O)Nc1ccc(Cc2ccccc2)cc1. The van der Waals surface area contributed by atoms with E-state index in [0.717, 1.165) is 17.7 Å². The fourth-order valence-corrected chi connectivity index (χ4v) is 3.17. The number of rotatable bonds is 7. The second-order valence-corrected chi connectivity index (χ2v) is 6.99. The summed E-state index contributed by atoms with van der Waals surface area (Å²) in [6.07, 6.45) is 4.29. The maximum Gasteiger partial charge on any atom is 0.263 e. The number of benzene rings is 2. The van der Waals surface area contributed by atoms with E-state index < -0.39 is 0 Å². The molecule has 2 aromatic carbocycles. The Morgan fingerprint density at radius 2 is 1.60 bits per heavy atom. The third-order valence-electron chi connectivity index (χ3n) is 4.76. The molecule has 6 heteroatoms. The van der Waals surface area contributed by atoms with E-state index in [1.165, 1.54) is 11.1 Å². The van der Waals surface area contributed by atoms with Crippen molar-refractivity contribution in [3.05, 3.63) is 107 Å². The van der Waals surface area contributed by atoms with Crippen molar-refractivity contribution in [2.75, 3.05) is 10.6 Å². The summed E-state index contributed by atoms with van der Waals surface area (Å²) in [7, 11) is 0. The Labute approximate surface area is 175 Å². The Hall–Kier alpha value is -3.93. The van der Waals surface area contributed by atoms with E-state index in [4.69, 9.17) is 4.52 Å². The summed E-state index contributed by atoms with van der Waals surface area (Å²) in [6.45, 7) is 2.25. The molecule has 4 rings (SSSR count). The molecule has 0 saturated carbocycles. The third kappa shape index (κ3) is 4.72. The fourth-order valence-electron chi connectivity index (χ4n) is 3.17. The van der Waals surface area contributed by atoms with Crippen molar-refractivity contribution in [3.8, 4) is 0 Å². The highest BCUT2D eigenvalue weighted by atomic mass is 16.5. The van der Waals surface area contributed by atoms with Crippen LogP contribution in [0.3, 0.4) is 0 Å². The van der Waals surface area contributed by atoms with Crippen molar-refractivity contribution in [2.24, 2.45) is 0 Å². The minimum Gasteiger partial charge on any atom is -0.349 e. The van der Waals surface area contributed by atoms with Gasteiger partial charge in [-0.05, 0) is 54.3 Å². The summed E-state index contributed by atoms with van der Waals surface area (Å²) in [5.74, 6) is 0.0873. The predicted octanol–water partition coefficient (Wildman–Crippen LogP) is 4.83. The molecule has 30 heavy (non-hydrogen) atoms. The van der Waals surface area contributed by atoms with Crippen molar-refractivity contribution in [3.63, 3.8) is 0 Å². The van der Waals surface area contributed by atoms with E-state index in [9.17, 15) is 4.79 Å². The fraction of sp³-hybridized carbons (Fsp3) is 0.125. The summed E-state index contributed by atoms with van der Waals surface area (Å²) >= 11 is 0. The molecule has 0 spiro atoms. The summed E-state index contributed by atoms with van der Waals surface area (Å²) < 4.78 is 5.32. The molecule has 0 saturated heterocycles. The van der Waals surface area contributed by atoms with Gasteiger partial charge in [0.1, 0.15) is 5.56 Å². The van der Waals surface area contributed by atoms with E-state index >= 15 is 0 Å². The molecule has 0 radical (unpaired) electrons. The van der Waals surface area contributed by atoms with Crippen LogP contribution in [0.15, 0.2) is 83.6 Å². The number of carbonyl (C=O) groups is 1. The molecule has 150 valence electrons. The standard InChI is InChI=1S/C24H22N4O2/c1-17-22(24(30-28-17)26-16-20-11-13-25-14-12-20)23(29)27-21-9-7-19(8-10-21)15-18-5-3-2-4-6-18/h2-14,26H,15-16H2,1H3,(H,27,29). The third-order valence-corrected chi connectivity index (χ3v) is 4.76. The van der Waals surface area contributed by atoms with Gasteiger partial charge in [-0.2, -0.15) is 0 Å². The number of pyridine rings is 1. The summed E-state index contributed by atoms with van der Waals surface area (Å²) in [6, 6.07) is 21.9. The Balaban J connectivity index is 1.42. The zero-order chi connectivity index (χ0) is 20.8. The molecule has 0 aliphatic rings. The Morgan fingerprint density at radius 3 is 2.33 bits per heavy atom. The average Bonchev–Trinajstić information content (AvgIpc) is 3.15. The molecule has 2 N–H and O–H groups in total. The summed E-state index contributed by atoms with van der Waals surface area (Å²) in [5, 5.41) is 10.0. The number of hydrogen-bond acceptors (Lipinski definition) is 5. The molecule has 4 aromatic rings. The molecular formula is C24H22N4O2. The lowest BCUT2D eigenvalue weighted by atomic mass is 10.0. The first-order valence-corrected chi connectivity index (χ1v) is 9.72. The van der Waals surface area contributed by atoms with Gasteiger partial charge in [0.25, 0.3) is 5.91 Å². The van der Waals surface area contributed by atoms with Gasteiger partial charge in [0, 0.05) is 24.6 Å². The number of amides is 1. The molecule has 0 fully saturated rings. The van der Waals surface area contributed by atoms with Crippen molar-refractivity contribution < 1.29 is 9.32 Å². The minimum absolute atomic E-state index is 0.262. The Kier molecular flexibility index (Phi) is 5.85. The lowest BCUT2D eigenvalue weighted by Crippen LogP contribution is -2.14. The van der Waals surface area contributed by atoms with Gasteiger partial charge in [0.2, 0.25) is 5.88 Å². The van der Waals surface area contributed by atoms with Crippen LogP contribution in [0.4, 0.5) is 11.6 Å². The average molecular weight is 398 g/mol. The number of nitrogens with one attached hydrogen (secondary N) is 2. The maximum atomic E-state index is 12.8. The monoisotopic (exact) mass is 398 g/mol. The first-order valence-electron chi connectivity index (χ1n) is 9.72. The zero-order valence-corrected chi connectivity index (χ0v) is 16.6. The molecule has 0 unspecified atom stereocenters. The van der Waals surface area contributed by atoms with E-state index in [0.29, 0.717) is 23.7 Å². The van der Waals surface area contributed by atoms with Crippen LogP contribution in [0.2, 0.25) is 0 Å². The number of aromatic nitrogens is 2. The molecule has 0 atom stereocenters. The molecule has 1 amide bonds. The van der Waals surface area contributed by atoms with Crippen LogP contribution >= 0.6 is 0 Å². The topological polar surface area (TPSA) is 80.1 Å². The normalized spacial score (nSPS) is 10.6. The van der Waals surface area contributed by atoms with Gasteiger partial charge in [0.15, 0.2) is 0 Å². The zero-order valence-electron chi connectivity index (χ0n) is 16.6. The smallest absolute Gasteiger partial charge is 0.263 e. The molecule has 0 aliphatic carbocycles. The Bertz CT molecular complexity index is 1110. The van der Waals surface area contributed by atoms with Gasteiger partial charge in [-0.25, -0.2) is 0 Å². The van der Waals surface area contributed by atoms with Gasteiger partial charge < -0.3 is 15.2 Å².